The molecular weight excluding hydrogens is 390 g/mol. The average Bonchev–Trinajstić information content (AvgIpc) is 3.31. The molecule has 26 heavy (non-hydrogen) atoms. The van der Waals surface area contributed by atoms with Crippen molar-refractivity contribution in [1.29, 1.82) is 0 Å². The number of esters is 1. The summed E-state index contributed by atoms with van der Waals surface area (Å²) in [5, 5.41) is 15.2. The predicted octanol–water partition coefficient (Wildman–Crippen LogP) is 3.86. The van der Waals surface area contributed by atoms with Crippen molar-refractivity contribution in [3.05, 3.63) is 57.8 Å². The average molecular weight is 406 g/mol. The zero-order chi connectivity index (χ0) is 18.4. The van der Waals surface area contributed by atoms with Crippen molar-refractivity contribution in [2.75, 3.05) is 12.4 Å². The van der Waals surface area contributed by atoms with E-state index in [-0.39, 0.29) is 11.9 Å². The number of aromatic nitrogens is 2. The smallest absolute Gasteiger partial charge is 0.337 e. The number of carbonyl (C=O) groups is 2. The highest BCUT2D eigenvalue weighted by atomic mass is 32.2. The second-order valence-corrected chi connectivity index (χ2v) is 8.19. The fourth-order valence-corrected chi connectivity index (χ4v) is 4.45. The number of thioether (sulfide) groups is 1. The van der Waals surface area contributed by atoms with Gasteiger partial charge in [0.1, 0.15) is 0 Å². The predicted molar refractivity (Wildman–Crippen MR) is 104 cm³/mol. The standard InChI is InChI=1S/C17H15N3O3S3/c1-23-15(22)13-4-2-11(3-5-13)10-25-17-20-19-16(26-17)18-14(21)8-12-6-7-24-9-12/h2-7,9H,8,10H2,1H3,(H,18,19,21). The van der Waals surface area contributed by atoms with E-state index >= 15 is 0 Å². The number of anilines is 1. The Hall–Kier alpha value is -2.23. The van der Waals surface area contributed by atoms with Crippen LogP contribution < -0.4 is 5.32 Å². The number of nitrogens with one attached hydrogen (secondary N) is 1. The molecule has 0 saturated heterocycles. The van der Waals surface area contributed by atoms with Gasteiger partial charge in [-0.1, -0.05) is 35.2 Å². The Morgan fingerprint density at radius 3 is 2.65 bits per heavy atom. The van der Waals surface area contributed by atoms with Crippen molar-refractivity contribution in [3.8, 4) is 0 Å². The molecule has 0 aliphatic rings. The lowest BCUT2D eigenvalue weighted by molar-refractivity contribution is -0.115. The normalized spacial score (nSPS) is 10.5. The lowest BCUT2D eigenvalue weighted by Crippen LogP contribution is -2.13. The van der Waals surface area contributed by atoms with Gasteiger partial charge in [-0.25, -0.2) is 4.79 Å². The molecule has 2 heterocycles. The molecule has 1 aromatic carbocycles. The molecule has 0 radical (unpaired) electrons. The fourth-order valence-electron chi connectivity index (χ4n) is 2.06. The number of hydrogen-bond acceptors (Lipinski definition) is 8. The Balaban J connectivity index is 1.50. The lowest BCUT2D eigenvalue weighted by atomic mass is 10.1. The van der Waals surface area contributed by atoms with E-state index in [9.17, 15) is 9.59 Å². The second kappa shape index (κ2) is 8.93. The van der Waals surface area contributed by atoms with Crippen LogP contribution in [0.1, 0.15) is 21.5 Å². The quantitative estimate of drug-likeness (QED) is 0.365. The number of benzene rings is 1. The highest BCUT2D eigenvalue weighted by molar-refractivity contribution is 8.00. The van der Waals surface area contributed by atoms with Crippen molar-refractivity contribution in [2.45, 2.75) is 16.5 Å². The SMILES string of the molecule is COC(=O)c1ccc(CSc2nnc(NC(=O)Cc3ccsc3)s2)cc1. The van der Waals surface area contributed by atoms with E-state index in [1.165, 1.54) is 30.2 Å². The van der Waals surface area contributed by atoms with Crippen molar-refractivity contribution < 1.29 is 14.3 Å². The minimum Gasteiger partial charge on any atom is -0.465 e. The van der Waals surface area contributed by atoms with E-state index in [2.05, 4.69) is 20.3 Å². The molecule has 0 saturated carbocycles. The summed E-state index contributed by atoms with van der Waals surface area (Å²) >= 11 is 4.43. The summed E-state index contributed by atoms with van der Waals surface area (Å²) in [5.41, 5.74) is 2.57. The highest BCUT2D eigenvalue weighted by Crippen LogP contribution is 2.28. The van der Waals surface area contributed by atoms with Gasteiger partial charge in [-0.2, -0.15) is 11.3 Å². The zero-order valence-electron chi connectivity index (χ0n) is 13.8. The van der Waals surface area contributed by atoms with Crippen LogP contribution in [0.2, 0.25) is 0 Å². The molecule has 0 aliphatic heterocycles. The van der Waals surface area contributed by atoms with Crippen LogP contribution in [0.4, 0.5) is 5.13 Å². The molecular formula is C17H15N3O3S3. The maximum Gasteiger partial charge on any atom is 0.337 e. The first-order valence-corrected chi connectivity index (χ1v) is 10.3. The minimum absolute atomic E-state index is 0.102. The number of rotatable bonds is 7. The lowest BCUT2D eigenvalue weighted by Gasteiger charge is -2.01. The van der Waals surface area contributed by atoms with Gasteiger partial charge >= 0.3 is 5.97 Å². The Kier molecular flexibility index (Phi) is 6.37. The van der Waals surface area contributed by atoms with Crippen LogP contribution >= 0.6 is 34.4 Å². The van der Waals surface area contributed by atoms with Crippen molar-refractivity contribution in [1.82, 2.24) is 10.2 Å². The van der Waals surface area contributed by atoms with E-state index in [0.29, 0.717) is 22.9 Å². The Morgan fingerprint density at radius 2 is 1.96 bits per heavy atom. The highest BCUT2D eigenvalue weighted by Gasteiger charge is 2.10. The van der Waals surface area contributed by atoms with E-state index in [4.69, 9.17) is 0 Å². The van der Waals surface area contributed by atoms with Crippen molar-refractivity contribution in [3.63, 3.8) is 0 Å². The van der Waals surface area contributed by atoms with Gasteiger partial charge in [0.25, 0.3) is 0 Å². The third-order valence-electron chi connectivity index (χ3n) is 3.33. The van der Waals surface area contributed by atoms with Gasteiger partial charge in [-0.3, -0.25) is 4.79 Å². The van der Waals surface area contributed by atoms with Gasteiger partial charge in [-0.05, 0) is 40.1 Å². The van der Waals surface area contributed by atoms with Gasteiger partial charge in [0.15, 0.2) is 4.34 Å². The fraction of sp³-hybridized carbons (Fsp3) is 0.176. The number of methoxy groups -OCH3 is 1. The van der Waals surface area contributed by atoms with Crippen LogP contribution in [-0.4, -0.2) is 29.2 Å². The van der Waals surface area contributed by atoms with E-state index in [0.717, 1.165) is 15.5 Å². The molecule has 0 unspecified atom stereocenters. The second-order valence-electron chi connectivity index (χ2n) is 5.21. The summed E-state index contributed by atoms with van der Waals surface area (Å²) in [6.07, 6.45) is 0.331. The Labute approximate surface area is 162 Å². The maximum absolute atomic E-state index is 12.0. The number of amides is 1. The number of carbonyl (C=O) groups excluding carboxylic acids is 2. The van der Waals surface area contributed by atoms with Gasteiger partial charge < -0.3 is 10.1 Å². The molecule has 0 spiro atoms. The number of nitrogens with zero attached hydrogens (tertiary/aromatic N) is 2. The molecule has 0 atom stereocenters. The van der Waals surface area contributed by atoms with E-state index in [1.807, 2.05) is 29.0 Å². The zero-order valence-corrected chi connectivity index (χ0v) is 16.2. The minimum atomic E-state index is -0.351. The first-order valence-electron chi connectivity index (χ1n) is 7.58. The molecule has 6 nitrogen and oxygen atoms in total. The number of hydrogen-bond donors (Lipinski definition) is 1. The van der Waals surface area contributed by atoms with E-state index < -0.39 is 0 Å². The molecule has 0 fully saturated rings. The third kappa shape index (κ3) is 5.13. The van der Waals surface area contributed by atoms with Crippen LogP contribution in [0.5, 0.6) is 0 Å². The van der Waals surface area contributed by atoms with Crippen LogP contribution in [0.3, 0.4) is 0 Å². The summed E-state index contributed by atoms with van der Waals surface area (Å²) in [6.45, 7) is 0. The number of thiophene rings is 1. The number of ether oxygens (including phenoxy) is 1. The van der Waals surface area contributed by atoms with Gasteiger partial charge in [-0.15, -0.1) is 10.2 Å². The molecule has 0 bridgehead atoms. The summed E-state index contributed by atoms with van der Waals surface area (Å²) in [5.74, 6) is 0.240. The molecule has 1 amide bonds. The van der Waals surface area contributed by atoms with Crippen LogP contribution in [0.15, 0.2) is 45.4 Å². The first-order chi connectivity index (χ1) is 12.6. The van der Waals surface area contributed by atoms with Crippen molar-refractivity contribution in [2.24, 2.45) is 0 Å². The Bertz CT molecular complexity index is 876. The van der Waals surface area contributed by atoms with E-state index in [1.54, 1.807) is 23.5 Å². The van der Waals surface area contributed by atoms with Crippen LogP contribution in [0, 0.1) is 0 Å². The summed E-state index contributed by atoms with van der Waals surface area (Å²) in [6, 6.07) is 9.15. The molecule has 3 aromatic rings. The largest absolute Gasteiger partial charge is 0.465 e. The molecule has 134 valence electrons. The van der Waals surface area contributed by atoms with Gasteiger partial charge in [0.05, 0.1) is 19.1 Å². The van der Waals surface area contributed by atoms with Gasteiger partial charge in [0, 0.05) is 5.75 Å². The van der Waals surface area contributed by atoms with Crippen molar-refractivity contribution >= 4 is 51.4 Å². The van der Waals surface area contributed by atoms with Crippen LogP contribution in [0.25, 0.3) is 0 Å². The third-order valence-corrected chi connectivity index (χ3v) is 6.11. The molecule has 0 aliphatic carbocycles. The first kappa shape index (κ1) is 18.6. The van der Waals surface area contributed by atoms with Gasteiger partial charge in [0.2, 0.25) is 11.0 Å². The molecule has 9 heteroatoms. The summed E-state index contributed by atoms with van der Waals surface area (Å²) in [7, 11) is 1.36. The maximum atomic E-state index is 12.0. The molecule has 1 N–H and O–H groups in total. The topological polar surface area (TPSA) is 81.2 Å². The molecule has 2 aromatic heterocycles. The molecule has 3 rings (SSSR count). The summed E-state index contributed by atoms with van der Waals surface area (Å²) in [4.78, 5) is 23.4. The Morgan fingerprint density at radius 1 is 1.15 bits per heavy atom. The summed E-state index contributed by atoms with van der Waals surface area (Å²) < 4.78 is 5.45. The monoisotopic (exact) mass is 405 g/mol. The van der Waals surface area contributed by atoms with Crippen LogP contribution in [-0.2, 0) is 21.7 Å².